The fourth-order valence-corrected chi connectivity index (χ4v) is 2.06. The molecule has 1 atom stereocenters. The van der Waals surface area contributed by atoms with Crippen LogP contribution in [-0.4, -0.2) is 14.8 Å². The molecule has 4 nitrogen and oxygen atoms in total. The number of hydrogen-bond acceptors (Lipinski definition) is 3. The van der Waals surface area contributed by atoms with E-state index in [1.165, 1.54) is 0 Å². The van der Waals surface area contributed by atoms with Gasteiger partial charge in [0.1, 0.15) is 0 Å². The second-order valence-electron chi connectivity index (χ2n) is 4.36. The maximum atomic E-state index is 6.27. The maximum Gasteiger partial charge on any atom is 0.0625 e. The largest absolute Gasteiger partial charge is 0.322 e. The normalized spacial score (nSPS) is 12.6. The van der Waals surface area contributed by atoms with E-state index >= 15 is 0 Å². The van der Waals surface area contributed by atoms with E-state index in [2.05, 4.69) is 30.0 Å². The van der Waals surface area contributed by atoms with Crippen molar-refractivity contribution in [1.82, 2.24) is 14.8 Å². The average Bonchev–Trinajstić information content (AvgIpc) is 2.83. The van der Waals surface area contributed by atoms with E-state index in [9.17, 15) is 0 Å². The Hall–Kier alpha value is -1.68. The standard InChI is InChI=1S/C14H20N4/c1-3-11-10-14(18(4-2)17-11)13(15)9-12-7-5-6-8-16-12/h5-8,10,13H,3-4,9,15H2,1-2H3. The van der Waals surface area contributed by atoms with Crippen molar-refractivity contribution < 1.29 is 0 Å². The van der Waals surface area contributed by atoms with Crippen LogP contribution in [0.15, 0.2) is 30.5 Å². The number of aromatic nitrogens is 3. The number of pyridine rings is 1. The predicted molar refractivity (Wildman–Crippen MR) is 72.1 cm³/mol. The molecule has 2 N–H and O–H groups in total. The molecule has 0 saturated heterocycles. The number of nitrogens with two attached hydrogens (primary N) is 1. The van der Waals surface area contributed by atoms with Crippen LogP contribution >= 0.6 is 0 Å². The highest BCUT2D eigenvalue weighted by atomic mass is 15.3. The van der Waals surface area contributed by atoms with Gasteiger partial charge in [-0.15, -0.1) is 0 Å². The van der Waals surface area contributed by atoms with Crippen LogP contribution in [0.2, 0.25) is 0 Å². The van der Waals surface area contributed by atoms with Crippen molar-refractivity contribution in [2.24, 2.45) is 5.73 Å². The number of hydrogen-bond donors (Lipinski definition) is 1. The van der Waals surface area contributed by atoms with Crippen LogP contribution in [0.3, 0.4) is 0 Å². The molecule has 96 valence electrons. The van der Waals surface area contributed by atoms with Crippen LogP contribution in [0.5, 0.6) is 0 Å². The molecule has 4 heteroatoms. The molecule has 0 aromatic carbocycles. The molecule has 2 heterocycles. The summed E-state index contributed by atoms with van der Waals surface area (Å²) in [7, 11) is 0. The molecule has 0 amide bonds. The van der Waals surface area contributed by atoms with Crippen molar-refractivity contribution in [1.29, 1.82) is 0 Å². The van der Waals surface area contributed by atoms with Crippen molar-refractivity contribution in [3.05, 3.63) is 47.5 Å². The molecular formula is C14H20N4. The number of nitrogens with zero attached hydrogens (tertiary/aromatic N) is 3. The Balaban J connectivity index is 2.17. The van der Waals surface area contributed by atoms with Gasteiger partial charge in [-0.1, -0.05) is 13.0 Å². The summed E-state index contributed by atoms with van der Waals surface area (Å²) in [5.41, 5.74) is 9.49. The lowest BCUT2D eigenvalue weighted by atomic mass is 10.1. The first-order chi connectivity index (χ1) is 8.74. The zero-order chi connectivity index (χ0) is 13.0. The molecule has 18 heavy (non-hydrogen) atoms. The van der Waals surface area contributed by atoms with Crippen LogP contribution in [0.1, 0.15) is 37.0 Å². The third-order valence-corrected chi connectivity index (χ3v) is 3.06. The van der Waals surface area contributed by atoms with E-state index in [1.807, 2.05) is 22.9 Å². The highest BCUT2D eigenvalue weighted by Gasteiger charge is 2.14. The number of aryl methyl sites for hydroxylation is 2. The first-order valence-electron chi connectivity index (χ1n) is 6.46. The molecule has 0 aliphatic rings. The van der Waals surface area contributed by atoms with E-state index in [0.29, 0.717) is 0 Å². The summed E-state index contributed by atoms with van der Waals surface area (Å²) in [6.45, 7) is 5.05. The fraction of sp³-hybridized carbons (Fsp3) is 0.429. The zero-order valence-corrected chi connectivity index (χ0v) is 11.0. The highest BCUT2D eigenvalue weighted by Crippen LogP contribution is 2.16. The van der Waals surface area contributed by atoms with Gasteiger partial charge in [-0.3, -0.25) is 9.67 Å². The summed E-state index contributed by atoms with van der Waals surface area (Å²) in [5, 5.41) is 4.53. The van der Waals surface area contributed by atoms with Gasteiger partial charge in [0.05, 0.1) is 17.4 Å². The molecule has 0 spiro atoms. The third kappa shape index (κ3) is 2.76. The van der Waals surface area contributed by atoms with Crippen molar-refractivity contribution in [2.45, 2.75) is 39.3 Å². The lowest BCUT2D eigenvalue weighted by molar-refractivity contribution is 0.562. The van der Waals surface area contributed by atoms with Gasteiger partial charge in [0.15, 0.2) is 0 Å². The minimum atomic E-state index is -0.0485. The van der Waals surface area contributed by atoms with Gasteiger partial charge in [0.2, 0.25) is 0 Å². The molecular weight excluding hydrogens is 224 g/mol. The third-order valence-electron chi connectivity index (χ3n) is 3.06. The Morgan fingerprint density at radius 3 is 2.72 bits per heavy atom. The minimum absolute atomic E-state index is 0.0485. The molecule has 0 aliphatic carbocycles. The molecule has 0 saturated carbocycles. The van der Waals surface area contributed by atoms with E-state index in [1.54, 1.807) is 6.20 Å². The van der Waals surface area contributed by atoms with E-state index < -0.39 is 0 Å². The maximum absolute atomic E-state index is 6.27. The molecule has 0 bridgehead atoms. The lowest BCUT2D eigenvalue weighted by Gasteiger charge is -2.12. The van der Waals surface area contributed by atoms with Gasteiger partial charge in [0, 0.05) is 24.9 Å². The van der Waals surface area contributed by atoms with Gasteiger partial charge in [0.25, 0.3) is 0 Å². The molecule has 0 aliphatic heterocycles. The Labute approximate surface area is 108 Å². The van der Waals surface area contributed by atoms with Crippen LogP contribution in [0, 0.1) is 0 Å². The Morgan fingerprint density at radius 2 is 2.11 bits per heavy atom. The quantitative estimate of drug-likeness (QED) is 0.876. The SMILES string of the molecule is CCc1cc(C(N)Cc2ccccn2)n(CC)n1. The van der Waals surface area contributed by atoms with Gasteiger partial charge in [-0.25, -0.2) is 0 Å². The molecule has 2 aromatic rings. The second kappa shape index (κ2) is 5.78. The molecule has 2 aromatic heterocycles. The van der Waals surface area contributed by atoms with Gasteiger partial charge in [-0.05, 0) is 31.5 Å². The van der Waals surface area contributed by atoms with Crippen molar-refractivity contribution >= 4 is 0 Å². The summed E-state index contributed by atoms with van der Waals surface area (Å²) < 4.78 is 1.99. The second-order valence-corrected chi connectivity index (χ2v) is 4.36. The van der Waals surface area contributed by atoms with E-state index in [0.717, 1.165) is 36.5 Å². The monoisotopic (exact) mass is 244 g/mol. The summed E-state index contributed by atoms with van der Waals surface area (Å²) >= 11 is 0. The van der Waals surface area contributed by atoms with Gasteiger partial charge in [-0.2, -0.15) is 5.10 Å². The van der Waals surface area contributed by atoms with Crippen LogP contribution < -0.4 is 5.73 Å². The van der Waals surface area contributed by atoms with Crippen molar-refractivity contribution in [3.63, 3.8) is 0 Å². The van der Waals surface area contributed by atoms with E-state index in [-0.39, 0.29) is 6.04 Å². The zero-order valence-electron chi connectivity index (χ0n) is 11.0. The van der Waals surface area contributed by atoms with Crippen LogP contribution in [-0.2, 0) is 19.4 Å². The Bertz CT molecular complexity index is 490. The van der Waals surface area contributed by atoms with Crippen molar-refractivity contribution in [3.8, 4) is 0 Å². The summed E-state index contributed by atoms with van der Waals surface area (Å²) in [6, 6.07) is 7.97. The predicted octanol–water partition coefficient (Wildman–Crippen LogP) is 2.10. The minimum Gasteiger partial charge on any atom is -0.322 e. The molecule has 2 rings (SSSR count). The van der Waals surface area contributed by atoms with Gasteiger partial charge < -0.3 is 5.73 Å². The number of rotatable bonds is 5. The Kier molecular flexibility index (Phi) is 4.10. The summed E-state index contributed by atoms with van der Waals surface area (Å²) in [4.78, 5) is 4.32. The summed E-state index contributed by atoms with van der Waals surface area (Å²) in [6.07, 6.45) is 3.49. The average molecular weight is 244 g/mol. The fourth-order valence-electron chi connectivity index (χ4n) is 2.06. The van der Waals surface area contributed by atoms with Crippen molar-refractivity contribution in [2.75, 3.05) is 0 Å². The molecule has 1 unspecified atom stereocenters. The first kappa shape index (κ1) is 12.8. The van der Waals surface area contributed by atoms with Crippen LogP contribution in [0.4, 0.5) is 0 Å². The Morgan fingerprint density at radius 1 is 1.28 bits per heavy atom. The lowest BCUT2D eigenvalue weighted by Crippen LogP contribution is -2.18. The van der Waals surface area contributed by atoms with Crippen LogP contribution in [0.25, 0.3) is 0 Å². The van der Waals surface area contributed by atoms with E-state index in [4.69, 9.17) is 5.73 Å². The van der Waals surface area contributed by atoms with Gasteiger partial charge >= 0.3 is 0 Å². The molecule has 0 fully saturated rings. The summed E-state index contributed by atoms with van der Waals surface area (Å²) in [5.74, 6) is 0. The molecule has 0 radical (unpaired) electrons. The first-order valence-corrected chi connectivity index (χ1v) is 6.46. The highest BCUT2D eigenvalue weighted by molar-refractivity contribution is 5.17. The smallest absolute Gasteiger partial charge is 0.0625 e. The topological polar surface area (TPSA) is 56.7 Å².